The predicted octanol–water partition coefficient (Wildman–Crippen LogP) is 1.65. The van der Waals surface area contributed by atoms with Gasteiger partial charge in [-0.3, -0.25) is 9.59 Å². The molecule has 0 saturated carbocycles. The molecule has 0 bridgehead atoms. The van der Waals surface area contributed by atoms with Crippen LogP contribution >= 0.6 is 0 Å². The number of piperazine rings is 1. The number of anilines is 1. The van der Waals surface area contributed by atoms with Crippen molar-refractivity contribution >= 4 is 28.3 Å². The summed E-state index contributed by atoms with van der Waals surface area (Å²) in [5, 5.41) is 13.9. The number of hydrogen-bond acceptors (Lipinski definition) is 4. The number of nitrogens with zero attached hydrogens (tertiary/aromatic N) is 2. The van der Waals surface area contributed by atoms with E-state index in [1.807, 2.05) is 0 Å². The molecule has 1 fully saturated rings. The molecule has 1 saturated heterocycles. The molecule has 1 aliphatic rings. The summed E-state index contributed by atoms with van der Waals surface area (Å²) in [6, 6.07) is 10.3. The summed E-state index contributed by atoms with van der Waals surface area (Å²) in [6.07, 6.45) is 0. The van der Waals surface area contributed by atoms with Crippen molar-refractivity contribution in [2.75, 3.05) is 38.0 Å². The van der Waals surface area contributed by atoms with Crippen LogP contribution in [0.1, 0.15) is 6.92 Å². The molecule has 2 aromatic carbocycles. The molecule has 6 heteroatoms. The zero-order valence-electron chi connectivity index (χ0n) is 13.7. The van der Waals surface area contributed by atoms with Crippen LogP contribution in [0.5, 0.6) is 5.75 Å². The van der Waals surface area contributed by atoms with Gasteiger partial charge in [0.25, 0.3) is 0 Å². The van der Waals surface area contributed by atoms with Gasteiger partial charge < -0.3 is 20.2 Å². The van der Waals surface area contributed by atoms with Gasteiger partial charge in [-0.1, -0.05) is 31.2 Å². The van der Waals surface area contributed by atoms with E-state index in [9.17, 15) is 14.7 Å². The van der Waals surface area contributed by atoms with Crippen LogP contribution in [0.2, 0.25) is 0 Å². The van der Waals surface area contributed by atoms with Gasteiger partial charge in [0.1, 0.15) is 5.75 Å². The quantitative estimate of drug-likeness (QED) is 0.823. The first-order chi connectivity index (χ1) is 11.6. The second-order valence-electron chi connectivity index (χ2n) is 5.86. The highest BCUT2D eigenvalue weighted by atomic mass is 16.3. The molecule has 0 atom stereocenters. The second-order valence-corrected chi connectivity index (χ2v) is 5.86. The van der Waals surface area contributed by atoms with Crippen LogP contribution in [0.4, 0.5) is 5.69 Å². The van der Waals surface area contributed by atoms with Crippen molar-refractivity contribution in [1.29, 1.82) is 0 Å². The van der Waals surface area contributed by atoms with Gasteiger partial charge in [0, 0.05) is 42.6 Å². The molecule has 0 aromatic heterocycles. The Morgan fingerprint density at radius 1 is 1.04 bits per heavy atom. The molecule has 0 unspecified atom stereocenters. The Bertz CT molecular complexity index is 767. The molecule has 2 aromatic rings. The van der Waals surface area contributed by atoms with Crippen molar-refractivity contribution in [2.45, 2.75) is 6.92 Å². The number of benzene rings is 2. The maximum atomic E-state index is 12.3. The lowest BCUT2D eigenvalue weighted by Crippen LogP contribution is -2.51. The van der Waals surface area contributed by atoms with E-state index in [0.29, 0.717) is 29.5 Å². The topological polar surface area (TPSA) is 72.9 Å². The Labute approximate surface area is 140 Å². The number of phenolic OH excluding ortho intramolecular Hbond substituents is 1. The molecule has 3 rings (SSSR count). The van der Waals surface area contributed by atoms with E-state index in [1.165, 1.54) is 0 Å². The third-order valence-electron chi connectivity index (χ3n) is 4.45. The third-order valence-corrected chi connectivity index (χ3v) is 4.45. The minimum atomic E-state index is -0.643. The largest absolute Gasteiger partial charge is 0.507 e. The first kappa shape index (κ1) is 16.3. The van der Waals surface area contributed by atoms with Gasteiger partial charge in [0.2, 0.25) is 0 Å². The van der Waals surface area contributed by atoms with Crippen molar-refractivity contribution in [3.8, 4) is 5.75 Å². The van der Waals surface area contributed by atoms with Gasteiger partial charge in [-0.05, 0) is 18.7 Å². The molecule has 0 spiro atoms. The summed E-state index contributed by atoms with van der Waals surface area (Å²) in [5.41, 5.74) is 0.522. The zero-order chi connectivity index (χ0) is 17.1. The Morgan fingerprint density at radius 3 is 2.42 bits per heavy atom. The summed E-state index contributed by atoms with van der Waals surface area (Å²) < 4.78 is 0. The van der Waals surface area contributed by atoms with Crippen LogP contribution in [-0.2, 0) is 9.59 Å². The molecule has 0 aliphatic carbocycles. The Balaban J connectivity index is 1.73. The number of hydrogen-bond donors (Lipinski definition) is 2. The van der Waals surface area contributed by atoms with Gasteiger partial charge in [0.05, 0.1) is 0 Å². The monoisotopic (exact) mass is 327 g/mol. The first-order valence-electron chi connectivity index (χ1n) is 8.13. The van der Waals surface area contributed by atoms with Crippen LogP contribution < -0.4 is 5.32 Å². The number of nitrogens with one attached hydrogen (secondary N) is 1. The number of rotatable bonds is 2. The molecule has 126 valence electrons. The predicted molar refractivity (Wildman–Crippen MR) is 92.9 cm³/mol. The minimum Gasteiger partial charge on any atom is -0.507 e. The van der Waals surface area contributed by atoms with E-state index < -0.39 is 11.8 Å². The Hall–Kier alpha value is -2.60. The summed E-state index contributed by atoms with van der Waals surface area (Å²) in [7, 11) is 0. The summed E-state index contributed by atoms with van der Waals surface area (Å²) >= 11 is 0. The first-order valence-corrected chi connectivity index (χ1v) is 8.13. The number of phenols is 1. The standard InChI is InChI=1S/C18H21N3O3/c1-2-20-9-11-21(12-10-20)18(24)17(23)19-15-7-3-6-14-13(15)5-4-8-16(14)22/h3-8,22H,2,9-12H2,1H3,(H,19,23). The van der Waals surface area contributed by atoms with Crippen LogP contribution in [-0.4, -0.2) is 59.4 Å². The summed E-state index contributed by atoms with van der Waals surface area (Å²) in [4.78, 5) is 28.5. The second kappa shape index (κ2) is 6.88. The highest BCUT2D eigenvalue weighted by molar-refractivity contribution is 6.40. The molecule has 1 heterocycles. The van der Waals surface area contributed by atoms with Gasteiger partial charge in [-0.2, -0.15) is 0 Å². The van der Waals surface area contributed by atoms with E-state index >= 15 is 0 Å². The lowest BCUT2D eigenvalue weighted by Gasteiger charge is -2.33. The van der Waals surface area contributed by atoms with Crippen LogP contribution in [0.15, 0.2) is 36.4 Å². The van der Waals surface area contributed by atoms with Crippen molar-refractivity contribution in [1.82, 2.24) is 9.80 Å². The normalized spacial score (nSPS) is 15.5. The number of aromatic hydroxyl groups is 1. The SMILES string of the molecule is CCN1CCN(C(=O)C(=O)Nc2cccc3c(O)cccc23)CC1. The Kier molecular flexibility index (Phi) is 4.66. The molecular weight excluding hydrogens is 306 g/mol. The molecule has 2 amide bonds. The smallest absolute Gasteiger partial charge is 0.313 e. The van der Waals surface area contributed by atoms with Crippen LogP contribution in [0, 0.1) is 0 Å². The van der Waals surface area contributed by atoms with Crippen molar-refractivity contribution in [3.05, 3.63) is 36.4 Å². The molecule has 6 nitrogen and oxygen atoms in total. The number of carbonyl (C=O) groups is 2. The Morgan fingerprint density at radius 2 is 1.71 bits per heavy atom. The van der Waals surface area contributed by atoms with Crippen LogP contribution in [0.25, 0.3) is 10.8 Å². The highest BCUT2D eigenvalue weighted by Crippen LogP contribution is 2.29. The zero-order valence-corrected chi connectivity index (χ0v) is 13.7. The number of carbonyl (C=O) groups excluding carboxylic acids is 2. The number of amides is 2. The number of likely N-dealkylation sites (N-methyl/N-ethyl adjacent to an activating group) is 1. The number of fused-ring (bicyclic) bond motifs is 1. The average Bonchev–Trinajstić information content (AvgIpc) is 2.62. The maximum Gasteiger partial charge on any atom is 0.313 e. The van der Waals surface area contributed by atoms with E-state index in [-0.39, 0.29) is 5.75 Å². The molecule has 2 N–H and O–H groups in total. The van der Waals surface area contributed by atoms with E-state index in [4.69, 9.17) is 0 Å². The minimum absolute atomic E-state index is 0.144. The van der Waals surface area contributed by atoms with Gasteiger partial charge in [-0.15, -0.1) is 0 Å². The van der Waals surface area contributed by atoms with E-state index in [1.54, 1.807) is 41.3 Å². The van der Waals surface area contributed by atoms with E-state index in [0.717, 1.165) is 19.6 Å². The molecule has 1 aliphatic heterocycles. The van der Waals surface area contributed by atoms with Crippen molar-refractivity contribution < 1.29 is 14.7 Å². The highest BCUT2D eigenvalue weighted by Gasteiger charge is 2.25. The summed E-state index contributed by atoms with van der Waals surface area (Å²) in [5.74, 6) is -1.01. The van der Waals surface area contributed by atoms with Crippen LogP contribution in [0.3, 0.4) is 0 Å². The third kappa shape index (κ3) is 3.19. The fourth-order valence-corrected chi connectivity index (χ4v) is 2.99. The van der Waals surface area contributed by atoms with Crippen molar-refractivity contribution in [3.63, 3.8) is 0 Å². The molecular formula is C18H21N3O3. The average molecular weight is 327 g/mol. The fraction of sp³-hybridized carbons (Fsp3) is 0.333. The fourth-order valence-electron chi connectivity index (χ4n) is 2.99. The van der Waals surface area contributed by atoms with Gasteiger partial charge >= 0.3 is 11.8 Å². The van der Waals surface area contributed by atoms with E-state index in [2.05, 4.69) is 17.1 Å². The summed E-state index contributed by atoms with van der Waals surface area (Å²) in [6.45, 7) is 5.75. The molecule has 0 radical (unpaired) electrons. The van der Waals surface area contributed by atoms with Crippen molar-refractivity contribution in [2.24, 2.45) is 0 Å². The van der Waals surface area contributed by atoms with Gasteiger partial charge in [0.15, 0.2) is 0 Å². The maximum absolute atomic E-state index is 12.3. The lowest BCUT2D eigenvalue weighted by molar-refractivity contribution is -0.144. The van der Waals surface area contributed by atoms with Gasteiger partial charge in [-0.25, -0.2) is 0 Å². The molecule has 24 heavy (non-hydrogen) atoms. The lowest BCUT2D eigenvalue weighted by atomic mass is 10.1.